The van der Waals surface area contributed by atoms with Gasteiger partial charge in [0.05, 0.1) is 0 Å². The van der Waals surface area contributed by atoms with Gasteiger partial charge in [-0.3, -0.25) is 0 Å². The van der Waals surface area contributed by atoms with Gasteiger partial charge in [-0.1, -0.05) is 39.5 Å². The van der Waals surface area contributed by atoms with Gasteiger partial charge in [0.25, 0.3) is 0 Å². The minimum atomic E-state index is 0.633. The second-order valence-electron chi connectivity index (χ2n) is 2.87. The summed E-state index contributed by atoms with van der Waals surface area (Å²) < 4.78 is 0. The van der Waals surface area contributed by atoms with Gasteiger partial charge in [-0.05, 0) is 23.8 Å². The summed E-state index contributed by atoms with van der Waals surface area (Å²) in [5, 5.41) is 0. The van der Waals surface area contributed by atoms with E-state index in [1.807, 2.05) is 6.08 Å². The maximum atomic E-state index is 3.80. The molecule has 1 atom stereocenters. The third-order valence-electron chi connectivity index (χ3n) is 1.63. The van der Waals surface area contributed by atoms with Gasteiger partial charge >= 0.3 is 0 Å². The van der Waals surface area contributed by atoms with Gasteiger partial charge in [0.1, 0.15) is 0 Å². The van der Waals surface area contributed by atoms with Gasteiger partial charge in [0.15, 0.2) is 0 Å². The van der Waals surface area contributed by atoms with Crippen molar-refractivity contribution < 1.29 is 0 Å². The summed E-state index contributed by atoms with van der Waals surface area (Å²) >= 11 is 0. The van der Waals surface area contributed by atoms with Crippen molar-refractivity contribution in [3.05, 3.63) is 24.3 Å². The number of rotatable bonds is 5. The summed E-state index contributed by atoms with van der Waals surface area (Å²) in [6.07, 6.45) is 6.83. The van der Waals surface area contributed by atoms with E-state index in [0.717, 1.165) is 8.58 Å². The Hall–Kier alpha value is -0.0900. The first-order valence-electron chi connectivity index (χ1n) is 4.25. The van der Waals surface area contributed by atoms with E-state index in [9.17, 15) is 0 Å². The predicted molar refractivity (Wildman–Crippen MR) is 56.8 cm³/mol. The Bertz CT molecular complexity index is 134. The van der Waals surface area contributed by atoms with Crippen LogP contribution >= 0.6 is 8.58 Å². The zero-order chi connectivity index (χ0) is 8.69. The molecule has 11 heavy (non-hydrogen) atoms. The molecule has 0 saturated carbocycles. The highest BCUT2D eigenvalue weighted by Crippen LogP contribution is 2.14. The molecule has 0 spiro atoms. The lowest BCUT2D eigenvalue weighted by molar-refractivity contribution is 0.790. The lowest BCUT2D eigenvalue weighted by Gasteiger charge is -2.04. The molecule has 0 radical (unpaired) electrons. The highest BCUT2D eigenvalue weighted by molar-refractivity contribution is 7.38. The summed E-state index contributed by atoms with van der Waals surface area (Å²) in [5.74, 6) is 0.633. The molecular formula is C10H19P. The first kappa shape index (κ1) is 10.9. The van der Waals surface area contributed by atoms with E-state index in [0.29, 0.717) is 5.92 Å². The van der Waals surface area contributed by atoms with Gasteiger partial charge < -0.3 is 0 Å². The van der Waals surface area contributed by atoms with Crippen LogP contribution in [0.15, 0.2) is 24.3 Å². The fourth-order valence-electron chi connectivity index (χ4n) is 0.889. The second kappa shape index (κ2) is 6.61. The average molecular weight is 170 g/mol. The number of hydrogen-bond donors (Lipinski definition) is 0. The fraction of sp³-hybridized carbons (Fsp3) is 0.600. The molecule has 0 heterocycles. The third-order valence-corrected chi connectivity index (χ3v) is 2.63. The highest BCUT2D eigenvalue weighted by atomic mass is 31.1. The molecule has 64 valence electrons. The van der Waals surface area contributed by atoms with Crippen LogP contribution in [0.3, 0.4) is 0 Å². The molecule has 0 rings (SSSR count). The Morgan fingerprint density at radius 2 is 2.18 bits per heavy atom. The van der Waals surface area contributed by atoms with Crippen LogP contribution in [-0.2, 0) is 0 Å². The molecule has 0 aliphatic rings. The van der Waals surface area contributed by atoms with Gasteiger partial charge in [0, 0.05) is 0 Å². The Labute approximate surface area is 72.6 Å². The average Bonchev–Trinajstić information content (AvgIpc) is 1.97. The number of hydrogen-bond acceptors (Lipinski definition) is 0. The quantitative estimate of drug-likeness (QED) is 0.337. The standard InChI is InChI=1S/C10H19P/c1-5-10(9(3)4)7-8-11-6-2/h5,7,9,11H,1,6,8H2,2-4H3/b10-7+. The smallest absolute Gasteiger partial charge is 0.0166 e. The van der Waals surface area contributed by atoms with Crippen molar-refractivity contribution >= 4 is 8.58 Å². The molecule has 0 nitrogen and oxygen atoms in total. The molecule has 0 saturated heterocycles. The summed E-state index contributed by atoms with van der Waals surface area (Å²) in [7, 11) is 1.08. The minimum absolute atomic E-state index is 0.633. The summed E-state index contributed by atoms with van der Waals surface area (Å²) in [5.41, 5.74) is 1.39. The van der Waals surface area contributed by atoms with E-state index >= 15 is 0 Å². The van der Waals surface area contributed by atoms with Crippen LogP contribution in [0.1, 0.15) is 20.8 Å². The fourth-order valence-corrected chi connectivity index (χ4v) is 1.56. The normalized spacial score (nSPS) is 13.3. The first-order chi connectivity index (χ1) is 5.22. The number of allylic oxidation sites excluding steroid dienone is 3. The van der Waals surface area contributed by atoms with Crippen molar-refractivity contribution in [1.29, 1.82) is 0 Å². The Balaban J connectivity index is 3.81. The summed E-state index contributed by atoms with van der Waals surface area (Å²) in [4.78, 5) is 0. The zero-order valence-corrected chi connectivity index (χ0v) is 8.85. The highest BCUT2D eigenvalue weighted by Gasteiger charge is 1.95. The zero-order valence-electron chi connectivity index (χ0n) is 7.85. The van der Waals surface area contributed by atoms with Crippen molar-refractivity contribution in [2.24, 2.45) is 5.92 Å². The van der Waals surface area contributed by atoms with Crippen LogP contribution in [0.2, 0.25) is 0 Å². The van der Waals surface area contributed by atoms with Crippen LogP contribution in [0.5, 0.6) is 0 Å². The van der Waals surface area contributed by atoms with E-state index in [1.54, 1.807) is 0 Å². The van der Waals surface area contributed by atoms with Gasteiger partial charge in [0.2, 0.25) is 0 Å². The molecule has 1 unspecified atom stereocenters. The SMILES string of the molecule is C=C/C(=C\CPCC)C(C)C. The van der Waals surface area contributed by atoms with Crippen molar-refractivity contribution in [2.75, 3.05) is 12.3 Å². The van der Waals surface area contributed by atoms with Crippen LogP contribution in [0.4, 0.5) is 0 Å². The maximum absolute atomic E-state index is 3.80. The molecule has 0 amide bonds. The van der Waals surface area contributed by atoms with E-state index in [2.05, 4.69) is 33.4 Å². The minimum Gasteiger partial charge on any atom is -0.118 e. The topological polar surface area (TPSA) is 0 Å². The lowest BCUT2D eigenvalue weighted by atomic mass is 10.0. The van der Waals surface area contributed by atoms with E-state index in [-0.39, 0.29) is 0 Å². The van der Waals surface area contributed by atoms with Crippen molar-refractivity contribution in [1.82, 2.24) is 0 Å². The molecule has 0 aliphatic carbocycles. The summed E-state index contributed by atoms with van der Waals surface area (Å²) in [6, 6.07) is 0. The predicted octanol–water partition coefficient (Wildman–Crippen LogP) is 3.45. The van der Waals surface area contributed by atoms with Gasteiger partial charge in [-0.15, -0.1) is 8.58 Å². The molecule has 0 fully saturated rings. The molecular weight excluding hydrogens is 151 g/mol. The van der Waals surface area contributed by atoms with Crippen molar-refractivity contribution in [3.8, 4) is 0 Å². The molecule has 0 bridgehead atoms. The third kappa shape index (κ3) is 5.21. The van der Waals surface area contributed by atoms with E-state index in [1.165, 1.54) is 17.9 Å². The first-order valence-corrected chi connectivity index (χ1v) is 5.67. The van der Waals surface area contributed by atoms with Crippen LogP contribution in [0, 0.1) is 5.92 Å². The van der Waals surface area contributed by atoms with Crippen LogP contribution in [0.25, 0.3) is 0 Å². The van der Waals surface area contributed by atoms with Crippen molar-refractivity contribution in [2.45, 2.75) is 20.8 Å². The molecule has 0 aliphatic heterocycles. The van der Waals surface area contributed by atoms with E-state index < -0.39 is 0 Å². The lowest BCUT2D eigenvalue weighted by Crippen LogP contribution is -1.90. The molecule has 0 aromatic carbocycles. The molecule has 0 N–H and O–H groups in total. The molecule has 1 heteroatoms. The van der Waals surface area contributed by atoms with E-state index in [4.69, 9.17) is 0 Å². The van der Waals surface area contributed by atoms with Gasteiger partial charge in [-0.25, -0.2) is 0 Å². The van der Waals surface area contributed by atoms with Gasteiger partial charge in [-0.2, -0.15) is 0 Å². The molecule has 0 aromatic heterocycles. The molecule has 0 aromatic rings. The summed E-state index contributed by atoms with van der Waals surface area (Å²) in [6.45, 7) is 10.4. The Morgan fingerprint density at radius 3 is 2.55 bits per heavy atom. The Morgan fingerprint density at radius 1 is 1.55 bits per heavy atom. The van der Waals surface area contributed by atoms with Crippen LogP contribution < -0.4 is 0 Å². The van der Waals surface area contributed by atoms with Crippen LogP contribution in [-0.4, -0.2) is 12.3 Å². The van der Waals surface area contributed by atoms with Crippen molar-refractivity contribution in [3.63, 3.8) is 0 Å². The second-order valence-corrected chi connectivity index (χ2v) is 4.49. The Kier molecular flexibility index (Phi) is 6.56. The maximum Gasteiger partial charge on any atom is -0.0166 e. The largest absolute Gasteiger partial charge is 0.118 e. The monoisotopic (exact) mass is 170 g/mol.